The van der Waals surface area contributed by atoms with E-state index < -0.39 is 103 Å². The van der Waals surface area contributed by atoms with Gasteiger partial charge in [-0.25, -0.2) is 26.2 Å². The molecule has 0 spiro atoms. The number of carbonyl (C=O) groups excluding carboxylic acids is 5. The van der Waals surface area contributed by atoms with Gasteiger partial charge in [0.25, 0.3) is 11.8 Å². The number of hydrogen-bond acceptors (Lipinski definition) is 12. The first-order valence-electron chi connectivity index (χ1n) is 19.0. The maximum absolute atomic E-state index is 14.8. The fourth-order valence-corrected chi connectivity index (χ4v) is 10.8. The summed E-state index contributed by atoms with van der Waals surface area (Å²) in [6, 6.07) is 2.12. The highest BCUT2D eigenvalue weighted by molar-refractivity contribution is 7.91. The quantitative estimate of drug-likeness (QED) is 0.157. The Hall–Kier alpha value is -4.27. The van der Waals surface area contributed by atoms with Gasteiger partial charge in [0.2, 0.25) is 27.6 Å². The normalized spacial score (nSPS) is 23.2. The molecule has 2 aromatic rings. The lowest BCUT2D eigenvalue weighted by molar-refractivity contribution is -0.145. The summed E-state index contributed by atoms with van der Waals surface area (Å²) in [5, 5.41) is 24.5. The summed E-state index contributed by atoms with van der Waals surface area (Å²) in [5.74, 6) is -5.46. The molecule has 20 heteroatoms. The van der Waals surface area contributed by atoms with Crippen molar-refractivity contribution in [1.29, 1.82) is 0 Å². The van der Waals surface area contributed by atoms with Crippen LogP contribution in [0.4, 0.5) is 0 Å². The Morgan fingerprint density at radius 2 is 1.66 bits per heavy atom. The highest BCUT2D eigenvalue weighted by Gasteiger charge is 2.51. The molecule has 1 aromatic carbocycles. The average molecular weight is 819 g/mol. The fourth-order valence-electron chi connectivity index (χ4n) is 7.98. The van der Waals surface area contributed by atoms with Crippen molar-refractivity contribution in [3.8, 4) is 0 Å². The Balaban J connectivity index is 1.31. The molecular weight excluding hydrogens is 769 g/mol. The number of benzene rings is 1. The predicted octanol–water partition coefficient (Wildman–Crippen LogP) is -0.0248. The van der Waals surface area contributed by atoms with Gasteiger partial charge in [-0.05, 0) is 76.1 Å². The van der Waals surface area contributed by atoms with Crippen LogP contribution in [0.25, 0.3) is 0 Å². The minimum absolute atomic E-state index is 0.00515. The molecule has 6 N–H and O–H groups in total. The smallest absolute Gasteiger partial charge is 0.287 e. The van der Waals surface area contributed by atoms with Crippen LogP contribution in [-0.2, 0) is 44.6 Å². The molecule has 2 saturated carbocycles. The van der Waals surface area contributed by atoms with Crippen LogP contribution < -0.4 is 21.1 Å². The Morgan fingerprint density at radius 1 is 1.02 bits per heavy atom. The standard InChI is InChI=1S/C36H50N8O10S2/c1-35(2,50)29-20-38-42-44(29)25-19-28(33(48)40-36(30(45)31(37)46)14-16-55(51,52)17-15-36)43(21-25)34(49)27(18-22-6-4-3-5-7-22)39-32(47)23-8-12-26(13-9-23)56(53,54)41-24-10-11-24/h8-9,12-13,20,22,24-25,27-28,41,50H,3-7,10-11,14-19,21H2,1-2H3,(H2,37,46)(H,39,47)(H,40,48)/t25-,27+,28-/m0/s1. The molecular formula is C36H50N8O10S2. The minimum atomic E-state index is -3.77. The number of likely N-dealkylation sites (tertiary alicyclic amines) is 1. The number of rotatable bonds is 14. The van der Waals surface area contributed by atoms with Crippen molar-refractivity contribution in [3.63, 3.8) is 0 Å². The van der Waals surface area contributed by atoms with Crippen LogP contribution >= 0.6 is 0 Å². The first-order chi connectivity index (χ1) is 26.3. The van der Waals surface area contributed by atoms with Gasteiger partial charge < -0.3 is 26.4 Å². The van der Waals surface area contributed by atoms with E-state index in [0.717, 1.165) is 44.9 Å². The molecule has 0 radical (unpaired) electrons. The molecule has 56 heavy (non-hydrogen) atoms. The van der Waals surface area contributed by atoms with Crippen molar-refractivity contribution in [2.24, 2.45) is 11.7 Å². The summed E-state index contributed by atoms with van der Waals surface area (Å²) < 4.78 is 54.2. The molecule has 18 nitrogen and oxygen atoms in total. The van der Waals surface area contributed by atoms with Crippen molar-refractivity contribution < 1.29 is 45.9 Å². The Morgan fingerprint density at radius 3 is 2.25 bits per heavy atom. The molecule has 306 valence electrons. The number of primary amides is 1. The van der Waals surface area contributed by atoms with Crippen LogP contribution in [0.15, 0.2) is 35.4 Å². The zero-order valence-electron chi connectivity index (χ0n) is 31.5. The van der Waals surface area contributed by atoms with Crippen LogP contribution in [0.5, 0.6) is 0 Å². The van der Waals surface area contributed by atoms with E-state index in [1.807, 2.05) is 0 Å². The van der Waals surface area contributed by atoms with Gasteiger partial charge in [-0.3, -0.25) is 24.0 Å². The second kappa shape index (κ2) is 15.9. The molecule has 4 amide bonds. The number of sulfonamides is 1. The second-order valence-electron chi connectivity index (χ2n) is 16.1. The van der Waals surface area contributed by atoms with Crippen molar-refractivity contribution >= 4 is 49.3 Å². The van der Waals surface area contributed by atoms with Crippen LogP contribution in [0.3, 0.4) is 0 Å². The first kappa shape index (κ1) is 41.4. The predicted molar refractivity (Wildman–Crippen MR) is 200 cm³/mol. The number of aromatic nitrogens is 3. The number of ketones is 1. The third-order valence-corrected chi connectivity index (χ3v) is 14.5. The number of carbonyl (C=O) groups is 5. The van der Waals surface area contributed by atoms with Gasteiger partial charge in [-0.1, -0.05) is 37.3 Å². The Bertz CT molecular complexity index is 2060. The molecule has 2 aliphatic carbocycles. The number of hydrogen-bond donors (Lipinski definition) is 5. The summed E-state index contributed by atoms with van der Waals surface area (Å²) in [7, 11) is -7.33. The van der Waals surface area contributed by atoms with E-state index in [9.17, 15) is 45.9 Å². The zero-order chi connectivity index (χ0) is 40.6. The third-order valence-electron chi connectivity index (χ3n) is 11.3. The van der Waals surface area contributed by atoms with Crippen LogP contribution in [0, 0.1) is 5.92 Å². The van der Waals surface area contributed by atoms with Gasteiger partial charge in [-0.15, -0.1) is 5.10 Å². The fraction of sp³-hybridized carbons (Fsp3) is 0.639. The number of amides is 4. The molecule has 4 aliphatic rings. The number of nitrogens with zero attached hydrogens (tertiary/aromatic N) is 4. The lowest BCUT2D eigenvalue weighted by atomic mass is 9.84. The Kier molecular flexibility index (Phi) is 11.8. The monoisotopic (exact) mass is 818 g/mol. The van der Waals surface area contributed by atoms with E-state index >= 15 is 0 Å². The molecule has 0 unspecified atom stereocenters. The SMILES string of the molecule is CC(C)(O)c1cnnn1[C@H]1C[C@@H](C(=O)NC2(C(=O)C(N)=O)CCS(=O)(=O)CC2)N(C(=O)[C@@H](CC2CCCCC2)NC(=O)c2ccc(S(=O)(=O)NC3CC3)cc2)C1. The highest BCUT2D eigenvalue weighted by Crippen LogP contribution is 2.35. The molecule has 0 bridgehead atoms. The van der Waals surface area contributed by atoms with Gasteiger partial charge in [-0.2, -0.15) is 0 Å². The zero-order valence-corrected chi connectivity index (χ0v) is 33.1. The van der Waals surface area contributed by atoms with Crippen LogP contribution in [-0.4, -0.2) is 113 Å². The lowest BCUT2D eigenvalue weighted by Crippen LogP contribution is -2.64. The van der Waals surface area contributed by atoms with Crippen molar-refractivity contribution in [2.45, 2.75) is 125 Å². The summed E-state index contributed by atoms with van der Waals surface area (Å²) in [6.45, 7) is 2.94. The average Bonchev–Trinajstić information content (AvgIpc) is 3.60. The van der Waals surface area contributed by atoms with Gasteiger partial charge in [0.1, 0.15) is 23.2 Å². The first-order valence-corrected chi connectivity index (χ1v) is 22.3. The van der Waals surface area contributed by atoms with E-state index in [1.165, 1.54) is 53.9 Å². The summed E-state index contributed by atoms with van der Waals surface area (Å²) in [5.41, 5.74) is 2.46. The molecule has 3 heterocycles. The molecule has 2 saturated heterocycles. The molecule has 2 aliphatic heterocycles. The van der Waals surface area contributed by atoms with Crippen LogP contribution in [0.1, 0.15) is 107 Å². The maximum atomic E-state index is 14.8. The number of nitrogens with two attached hydrogens (primary N) is 1. The number of nitrogens with one attached hydrogen (secondary N) is 3. The van der Waals surface area contributed by atoms with E-state index in [4.69, 9.17) is 5.73 Å². The number of Topliss-reactive ketones (excluding diaryl/α,β-unsaturated/α-hetero) is 1. The Labute approximate surface area is 325 Å². The van der Waals surface area contributed by atoms with E-state index in [-0.39, 0.29) is 41.8 Å². The summed E-state index contributed by atoms with van der Waals surface area (Å²) >= 11 is 0. The minimum Gasteiger partial charge on any atom is -0.384 e. The van der Waals surface area contributed by atoms with Gasteiger partial charge >= 0.3 is 0 Å². The third kappa shape index (κ3) is 9.29. The summed E-state index contributed by atoms with van der Waals surface area (Å²) in [4.78, 5) is 69.6. The van der Waals surface area contributed by atoms with E-state index in [0.29, 0.717) is 5.69 Å². The maximum Gasteiger partial charge on any atom is 0.287 e. The summed E-state index contributed by atoms with van der Waals surface area (Å²) in [6.07, 6.45) is 6.84. The van der Waals surface area contributed by atoms with Gasteiger partial charge in [0, 0.05) is 24.6 Å². The molecule has 4 fully saturated rings. The topological polar surface area (TPSA) is 270 Å². The van der Waals surface area contributed by atoms with Crippen molar-refractivity contribution in [2.75, 3.05) is 18.1 Å². The molecule has 6 rings (SSSR count). The van der Waals surface area contributed by atoms with E-state index in [2.05, 4.69) is 25.7 Å². The highest BCUT2D eigenvalue weighted by atomic mass is 32.2. The van der Waals surface area contributed by atoms with Crippen molar-refractivity contribution in [1.82, 2.24) is 35.2 Å². The second-order valence-corrected chi connectivity index (χ2v) is 20.1. The molecule has 1 aromatic heterocycles. The lowest BCUT2D eigenvalue weighted by Gasteiger charge is -2.37. The van der Waals surface area contributed by atoms with Gasteiger partial charge in [0.05, 0.1) is 34.3 Å². The van der Waals surface area contributed by atoms with Crippen molar-refractivity contribution in [3.05, 3.63) is 41.7 Å². The van der Waals surface area contributed by atoms with Crippen LogP contribution in [0.2, 0.25) is 0 Å². The number of sulfone groups is 1. The van der Waals surface area contributed by atoms with Gasteiger partial charge in [0.15, 0.2) is 9.84 Å². The number of aliphatic hydroxyl groups is 1. The molecule has 3 atom stereocenters. The van der Waals surface area contributed by atoms with E-state index in [1.54, 1.807) is 0 Å². The largest absolute Gasteiger partial charge is 0.384 e.